The highest BCUT2D eigenvalue weighted by molar-refractivity contribution is 7.88. The van der Waals surface area contributed by atoms with Crippen molar-refractivity contribution in [2.45, 2.75) is 12.4 Å². The predicted molar refractivity (Wildman–Crippen MR) is 73.6 cm³/mol. The summed E-state index contributed by atoms with van der Waals surface area (Å²) in [5.74, 6) is -6.64. The minimum atomic E-state index is -6.24. The largest absolute Gasteiger partial charge is 0.541 e. The Morgan fingerprint density at radius 2 is 1.64 bits per heavy atom. The van der Waals surface area contributed by atoms with E-state index in [9.17, 15) is 40.7 Å². The van der Waals surface area contributed by atoms with Crippen molar-refractivity contribution >= 4 is 32.6 Å². The molecule has 25 heavy (non-hydrogen) atoms. The number of carboxylic acid groups (broad SMARTS) is 1. The lowest BCUT2D eigenvalue weighted by Gasteiger charge is -2.17. The maximum atomic E-state index is 14.3. The monoisotopic (exact) mass is 379 g/mol. The van der Waals surface area contributed by atoms with Crippen LogP contribution in [0.4, 0.5) is 17.6 Å². The van der Waals surface area contributed by atoms with Gasteiger partial charge in [-0.3, -0.25) is 4.79 Å². The van der Waals surface area contributed by atoms with Gasteiger partial charge in [0.05, 0.1) is 5.56 Å². The maximum Gasteiger partial charge on any atom is 0.534 e. The van der Waals surface area contributed by atoms with Crippen LogP contribution in [0.25, 0.3) is 10.8 Å². The Bertz CT molecular complexity index is 995. The lowest BCUT2D eigenvalue weighted by Crippen LogP contribution is -2.34. The molecule has 0 aliphatic heterocycles. The summed E-state index contributed by atoms with van der Waals surface area (Å²) in [6.45, 7) is 0.894. The van der Waals surface area contributed by atoms with E-state index in [1.165, 1.54) is 12.1 Å². The number of Topliss-reactive ketones (excluding diaryl/α,β-unsaturated/α-hetero) is 1. The summed E-state index contributed by atoms with van der Waals surface area (Å²) in [5, 5.41) is 9.92. The molecule has 0 atom stereocenters. The molecular weight excluding hydrogens is 372 g/mol. The first kappa shape index (κ1) is 18.6. The number of alkyl halides is 3. The Morgan fingerprint density at radius 1 is 1.12 bits per heavy atom. The Hall–Kier alpha value is -2.69. The van der Waals surface area contributed by atoms with Gasteiger partial charge in [0.1, 0.15) is 11.8 Å². The van der Waals surface area contributed by atoms with Crippen molar-refractivity contribution in [1.29, 1.82) is 0 Å². The zero-order chi connectivity index (χ0) is 19.2. The number of carboxylic acids is 1. The number of benzene rings is 2. The van der Waals surface area contributed by atoms with Crippen molar-refractivity contribution in [3.63, 3.8) is 0 Å². The molecule has 2 aromatic carbocycles. The van der Waals surface area contributed by atoms with Crippen molar-refractivity contribution in [1.82, 2.24) is 0 Å². The summed E-state index contributed by atoms with van der Waals surface area (Å²) in [5.41, 5.74) is -7.72. The SMILES string of the molecule is Cc1c(C(=O)C(=O)[O-])c(OS(=O)(=O)C(F)(F)F)c2ccccc2c1F. The first-order chi connectivity index (χ1) is 11.4. The normalized spacial score (nSPS) is 12.2. The fourth-order valence-electron chi connectivity index (χ4n) is 2.11. The average Bonchev–Trinajstić information content (AvgIpc) is 2.50. The highest BCUT2D eigenvalue weighted by Crippen LogP contribution is 2.38. The van der Waals surface area contributed by atoms with Crippen LogP contribution in [0.3, 0.4) is 0 Å². The zero-order valence-corrected chi connectivity index (χ0v) is 13.0. The molecule has 0 aromatic heterocycles. The summed E-state index contributed by atoms with van der Waals surface area (Å²) in [7, 11) is -6.24. The van der Waals surface area contributed by atoms with Gasteiger partial charge in [0, 0.05) is 16.3 Å². The number of carbonyl (C=O) groups excluding carboxylic acids is 2. The van der Waals surface area contributed by atoms with E-state index in [-0.39, 0.29) is 5.39 Å². The third kappa shape index (κ3) is 3.14. The van der Waals surface area contributed by atoms with Crippen molar-refractivity contribution in [2.24, 2.45) is 0 Å². The summed E-state index contributed by atoms with van der Waals surface area (Å²) >= 11 is 0. The molecule has 0 bridgehead atoms. The van der Waals surface area contributed by atoms with Gasteiger partial charge in [0.2, 0.25) is 5.78 Å². The van der Waals surface area contributed by atoms with Crippen molar-refractivity contribution < 1.29 is 44.9 Å². The number of fused-ring (bicyclic) bond motifs is 1. The molecule has 0 spiro atoms. The molecule has 0 saturated heterocycles. The van der Waals surface area contributed by atoms with Gasteiger partial charge in [-0.05, 0) is 6.92 Å². The van der Waals surface area contributed by atoms with Crippen LogP contribution in [0.2, 0.25) is 0 Å². The van der Waals surface area contributed by atoms with E-state index in [2.05, 4.69) is 4.18 Å². The molecular formula is C14H7F4O6S-. The molecule has 0 aliphatic carbocycles. The first-order valence-electron chi connectivity index (χ1n) is 6.35. The summed E-state index contributed by atoms with van der Waals surface area (Å²) in [6.07, 6.45) is 0. The van der Waals surface area contributed by atoms with Gasteiger partial charge in [0.15, 0.2) is 5.75 Å². The number of hydrogen-bond acceptors (Lipinski definition) is 6. The molecule has 0 saturated carbocycles. The van der Waals surface area contributed by atoms with Gasteiger partial charge >= 0.3 is 15.6 Å². The lowest BCUT2D eigenvalue weighted by atomic mass is 9.96. The molecule has 0 unspecified atom stereocenters. The number of carbonyl (C=O) groups is 2. The van der Waals surface area contributed by atoms with Gasteiger partial charge in [-0.2, -0.15) is 21.6 Å². The van der Waals surface area contributed by atoms with Gasteiger partial charge in [-0.15, -0.1) is 0 Å². The Balaban J connectivity index is 2.93. The molecule has 0 amide bonds. The molecule has 0 fully saturated rings. The predicted octanol–water partition coefficient (Wildman–Crippen LogP) is 1.45. The third-order valence-corrected chi connectivity index (χ3v) is 4.18. The van der Waals surface area contributed by atoms with Gasteiger partial charge in [-0.25, -0.2) is 4.39 Å². The molecule has 0 aliphatic rings. The van der Waals surface area contributed by atoms with Crippen molar-refractivity contribution in [3.8, 4) is 5.75 Å². The molecule has 0 N–H and O–H groups in total. The number of hydrogen-bond donors (Lipinski definition) is 0. The smallest absolute Gasteiger partial charge is 0.534 e. The van der Waals surface area contributed by atoms with Crippen LogP contribution in [-0.2, 0) is 14.9 Å². The maximum absolute atomic E-state index is 14.3. The minimum Gasteiger partial charge on any atom is -0.541 e. The fraction of sp³-hybridized carbons (Fsp3) is 0.143. The quantitative estimate of drug-likeness (QED) is 0.262. The molecule has 2 rings (SSSR count). The van der Waals surface area contributed by atoms with Crippen LogP contribution in [0.15, 0.2) is 24.3 Å². The van der Waals surface area contributed by atoms with Crippen LogP contribution in [0.1, 0.15) is 15.9 Å². The Kier molecular flexibility index (Phi) is 4.47. The Labute approximate surface area is 137 Å². The molecule has 0 heterocycles. The summed E-state index contributed by atoms with van der Waals surface area (Å²) in [4.78, 5) is 22.5. The number of rotatable bonds is 4. The fourth-order valence-corrected chi connectivity index (χ4v) is 2.60. The number of halogens is 4. The van der Waals surface area contributed by atoms with E-state index in [0.29, 0.717) is 0 Å². The number of ketones is 1. The molecule has 2 aromatic rings. The molecule has 6 nitrogen and oxygen atoms in total. The van der Waals surface area contributed by atoms with Crippen LogP contribution in [-0.4, -0.2) is 25.7 Å². The van der Waals surface area contributed by atoms with Gasteiger partial charge in [-0.1, -0.05) is 24.3 Å². The number of aliphatic carboxylic acids is 1. The average molecular weight is 379 g/mol. The van der Waals surface area contributed by atoms with Crippen LogP contribution < -0.4 is 9.29 Å². The van der Waals surface area contributed by atoms with E-state index < -0.39 is 55.5 Å². The van der Waals surface area contributed by atoms with Crippen LogP contribution >= 0.6 is 0 Å². The lowest BCUT2D eigenvalue weighted by molar-refractivity contribution is -0.296. The highest BCUT2D eigenvalue weighted by atomic mass is 32.2. The summed E-state index contributed by atoms with van der Waals surface area (Å²) < 4.78 is 78.7. The van der Waals surface area contributed by atoms with Gasteiger partial charge in [0.25, 0.3) is 0 Å². The van der Waals surface area contributed by atoms with E-state index in [1.807, 2.05) is 0 Å². The van der Waals surface area contributed by atoms with E-state index in [0.717, 1.165) is 19.1 Å². The van der Waals surface area contributed by atoms with Crippen LogP contribution in [0.5, 0.6) is 5.75 Å². The summed E-state index contributed by atoms with van der Waals surface area (Å²) in [6, 6.07) is 4.58. The highest BCUT2D eigenvalue weighted by Gasteiger charge is 2.49. The second-order valence-corrected chi connectivity index (χ2v) is 6.33. The van der Waals surface area contributed by atoms with E-state index in [4.69, 9.17) is 0 Å². The second-order valence-electron chi connectivity index (χ2n) is 4.79. The van der Waals surface area contributed by atoms with Crippen LogP contribution in [0, 0.1) is 12.7 Å². The topological polar surface area (TPSA) is 101 Å². The molecule has 11 heteroatoms. The van der Waals surface area contributed by atoms with E-state index in [1.54, 1.807) is 0 Å². The van der Waals surface area contributed by atoms with Crippen molar-refractivity contribution in [2.75, 3.05) is 0 Å². The van der Waals surface area contributed by atoms with Gasteiger partial charge < -0.3 is 14.1 Å². The second kappa shape index (κ2) is 5.99. The Morgan fingerprint density at radius 3 is 2.12 bits per heavy atom. The standard InChI is InChI=1S/C14H8F4O6S/c1-6-9(11(19)13(20)21)12(24-25(22,23)14(16,17)18)8-5-3-2-4-7(8)10(6)15/h2-5H,1H3,(H,20,21)/p-1. The first-order valence-corrected chi connectivity index (χ1v) is 7.76. The minimum absolute atomic E-state index is 0.359. The third-order valence-electron chi connectivity index (χ3n) is 3.23. The zero-order valence-electron chi connectivity index (χ0n) is 12.2. The molecule has 134 valence electrons. The van der Waals surface area contributed by atoms with Crippen molar-refractivity contribution in [3.05, 3.63) is 41.2 Å². The molecule has 0 radical (unpaired) electrons. The van der Waals surface area contributed by atoms with E-state index >= 15 is 0 Å².